The zero-order chi connectivity index (χ0) is 14.8. The normalized spacial score (nSPS) is 11.0. The topological polar surface area (TPSA) is 51.0 Å². The molecule has 0 saturated carbocycles. The number of furan rings is 1. The van der Waals surface area contributed by atoms with Gasteiger partial charge >= 0.3 is 0 Å². The molecule has 1 N–H and O–H groups in total. The molecule has 0 aliphatic carbocycles. The molecule has 0 bridgehead atoms. The van der Waals surface area contributed by atoms with Crippen LogP contribution < -0.4 is 5.32 Å². The number of nitrogens with one attached hydrogen (secondary N) is 1. The van der Waals surface area contributed by atoms with Gasteiger partial charge in [-0.15, -0.1) is 0 Å². The van der Waals surface area contributed by atoms with E-state index in [-0.39, 0.29) is 5.82 Å². The molecular formula is C16H16FN3O. The minimum atomic E-state index is -0.278. The van der Waals surface area contributed by atoms with Crippen LogP contribution in [-0.2, 0) is 6.42 Å². The first kappa shape index (κ1) is 13.5. The van der Waals surface area contributed by atoms with Crippen LogP contribution in [0.5, 0.6) is 0 Å². The van der Waals surface area contributed by atoms with E-state index < -0.39 is 0 Å². The molecule has 0 fully saturated rings. The SMILES string of the molecule is CCNc1cc(-c2cc3cc(F)ccc3o2)nc(CC)n1. The van der Waals surface area contributed by atoms with Crippen LogP contribution in [0.1, 0.15) is 19.7 Å². The van der Waals surface area contributed by atoms with E-state index >= 15 is 0 Å². The van der Waals surface area contributed by atoms with Crippen LogP contribution in [0.4, 0.5) is 10.2 Å². The summed E-state index contributed by atoms with van der Waals surface area (Å²) in [6.07, 6.45) is 0.737. The number of rotatable bonds is 4. The molecule has 0 spiro atoms. The van der Waals surface area contributed by atoms with Crippen molar-refractivity contribution in [3.63, 3.8) is 0 Å². The van der Waals surface area contributed by atoms with Crippen LogP contribution in [-0.4, -0.2) is 16.5 Å². The van der Waals surface area contributed by atoms with Gasteiger partial charge in [0.1, 0.15) is 28.7 Å². The average molecular weight is 285 g/mol. The highest BCUT2D eigenvalue weighted by Gasteiger charge is 2.11. The fourth-order valence-electron chi connectivity index (χ4n) is 2.19. The fraction of sp³-hybridized carbons (Fsp3) is 0.250. The van der Waals surface area contributed by atoms with Gasteiger partial charge in [-0.25, -0.2) is 14.4 Å². The monoisotopic (exact) mass is 285 g/mol. The number of halogens is 1. The molecule has 2 heterocycles. The van der Waals surface area contributed by atoms with Crippen molar-refractivity contribution in [3.8, 4) is 11.5 Å². The number of aryl methyl sites for hydroxylation is 1. The highest BCUT2D eigenvalue weighted by Crippen LogP contribution is 2.28. The number of hydrogen-bond acceptors (Lipinski definition) is 4. The lowest BCUT2D eigenvalue weighted by Gasteiger charge is -2.06. The summed E-state index contributed by atoms with van der Waals surface area (Å²) >= 11 is 0. The Balaban J connectivity index is 2.10. The lowest BCUT2D eigenvalue weighted by atomic mass is 10.2. The summed E-state index contributed by atoms with van der Waals surface area (Å²) < 4.78 is 19.0. The van der Waals surface area contributed by atoms with Crippen LogP contribution >= 0.6 is 0 Å². The van der Waals surface area contributed by atoms with E-state index in [9.17, 15) is 4.39 Å². The molecule has 1 aromatic carbocycles. The summed E-state index contributed by atoms with van der Waals surface area (Å²) in [5.41, 5.74) is 1.35. The first-order chi connectivity index (χ1) is 10.2. The van der Waals surface area contributed by atoms with E-state index in [4.69, 9.17) is 4.42 Å². The predicted octanol–water partition coefficient (Wildman–Crippen LogP) is 4.02. The predicted molar refractivity (Wildman–Crippen MR) is 80.7 cm³/mol. The first-order valence-corrected chi connectivity index (χ1v) is 7.01. The van der Waals surface area contributed by atoms with E-state index in [1.807, 2.05) is 19.9 Å². The molecule has 0 unspecified atom stereocenters. The number of benzene rings is 1. The largest absolute Gasteiger partial charge is 0.454 e. The van der Waals surface area contributed by atoms with Crippen LogP contribution in [0.2, 0.25) is 0 Å². The molecule has 0 saturated heterocycles. The van der Waals surface area contributed by atoms with Crippen molar-refractivity contribution >= 4 is 16.8 Å². The highest BCUT2D eigenvalue weighted by atomic mass is 19.1. The maximum atomic E-state index is 13.3. The smallest absolute Gasteiger partial charge is 0.154 e. The second-order valence-corrected chi connectivity index (χ2v) is 4.73. The third-order valence-corrected chi connectivity index (χ3v) is 3.18. The standard InChI is InChI=1S/C16H16FN3O/c1-3-15-19-12(9-16(20-15)18-4-2)14-8-10-7-11(17)5-6-13(10)21-14/h5-9H,3-4H2,1-2H3,(H,18,19,20). The lowest BCUT2D eigenvalue weighted by molar-refractivity contribution is 0.617. The van der Waals surface area contributed by atoms with Crippen molar-refractivity contribution in [2.24, 2.45) is 0 Å². The molecule has 2 aromatic heterocycles. The van der Waals surface area contributed by atoms with E-state index in [1.54, 1.807) is 12.1 Å². The fourth-order valence-corrected chi connectivity index (χ4v) is 2.19. The first-order valence-electron chi connectivity index (χ1n) is 7.01. The Kier molecular flexibility index (Phi) is 3.56. The molecule has 3 rings (SSSR count). The van der Waals surface area contributed by atoms with Gasteiger partial charge in [-0.1, -0.05) is 6.92 Å². The van der Waals surface area contributed by atoms with Gasteiger partial charge in [0.25, 0.3) is 0 Å². The van der Waals surface area contributed by atoms with E-state index in [2.05, 4.69) is 15.3 Å². The van der Waals surface area contributed by atoms with Crippen molar-refractivity contribution in [3.05, 3.63) is 42.0 Å². The molecule has 0 aliphatic heterocycles. The molecule has 0 aliphatic rings. The van der Waals surface area contributed by atoms with Crippen molar-refractivity contribution in [1.29, 1.82) is 0 Å². The summed E-state index contributed by atoms with van der Waals surface area (Å²) in [7, 11) is 0. The number of hydrogen-bond donors (Lipinski definition) is 1. The molecule has 4 nitrogen and oxygen atoms in total. The van der Waals surface area contributed by atoms with Gasteiger partial charge in [0.05, 0.1) is 0 Å². The van der Waals surface area contributed by atoms with E-state index in [0.29, 0.717) is 17.0 Å². The van der Waals surface area contributed by atoms with Gasteiger partial charge in [0, 0.05) is 24.4 Å². The molecule has 0 atom stereocenters. The lowest BCUT2D eigenvalue weighted by Crippen LogP contribution is -2.03. The second kappa shape index (κ2) is 5.52. The van der Waals surface area contributed by atoms with Gasteiger partial charge in [-0.05, 0) is 31.2 Å². The van der Waals surface area contributed by atoms with Crippen LogP contribution in [0.3, 0.4) is 0 Å². The summed E-state index contributed by atoms with van der Waals surface area (Å²) in [5, 5.41) is 3.91. The number of fused-ring (bicyclic) bond motifs is 1. The minimum Gasteiger partial charge on any atom is -0.454 e. The van der Waals surface area contributed by atoms with Gasteiger partial charge < -0.3 is 9.73 Å². The molecule has 108 valence electrons. The third-order valence-electron chi connectivity index (χ3n) is 3.18. The molecule has 3 aromatic rings. The minimum absolute atomic E-state index is 0.278. The Morgan fingerprint density at radius 3 is 2.76 bits per heavy atom. The Bertz CT molecular complexity index is 782. The summed E-state index contributed by atoms with van der Waals surface area (Å²) in [4.78, 5) is 8.89. The van der Waals surface area contributed by atoms with Gasteiger partial charge in [-0.3, -0.25) is 0 Å². The van der Waals surface area contributed by atoms with Crippen molar-refractivity contribution in [2.45, 2.75) is 20.3 Å². The number of anilines is 1. The van der Waals surface area contributed by atoms with Crippen LogP contribution in [0.25, 0.3) is 22.4 Å². The molecular weight excluding hydrogens is 269 g/mol. The second-order valence-electron chi connectivity index (χ2n) is 4.73. The summed E-state index contributed by atoms with van der Waals surface area (Å²) in [6.45, 7) is 4.80. The van der Waals surface area contributed by atoms with E-state index in [0.717, 1.165) is 30.0 Å². The van der Waals surface area contributed by atoms with Gasteiger partial charge in [-0.2, -0.15) is 0 Å². The summed E-state index contributed by atoms with van der Waals surface area (Å²) in [6, 6.07) is 8.11. The Morgan fingerprint density at radius 2 is 2.00 bits per heavy atom. The van der Waals surface area contributed by atoms with E-state index in [1.165, 1.54) is 12.1 Å². The Labute approximate surface area is 122 Å². The highest BCUT2D eigenvalue weighted by molar-refractivity contribution is 5.82. The molecule has 21 heavy (non-hydrogen) atoms. The zero-order valence-corrected chi connectivity index (χ0v) is 12.0. The number of aromatic nitrogens is 2. The van der Waals surface area contributed by atoms with Gasteiger partial charge in [0.15, 0.2) is 5.76 Å². The quantitative estimate of drug-likeness (QED) is 0.786. The molecule has 5 heteroatoms. The maximum Gasteiger partial charge on any atom is 0.154 e. The Morgan fingerprint density at radius 1 is 1.14 bits per heavy atom. The number of nitrogens with zero attached hydrogens (tertiary/aromatic N) is 2. The zero-order valence-electron chi connectivity index (χ0n) is 12.0. The molecule has 0 radical (unpaired) electrons. The van der Waals surface area contributed by atoms with Gasteiger partial charge in [0.2, 0.25) is 0 Å². The van der Waals surface area contributed by atoms with Crippen molar-refractivity contribution in [1.82, 2.24) is 9.97 Å². The van der Waals surface area contributed by atoms with Crippen LogP contribution in [0.15, 0.2) is 34.7 Å². The maximum absolute atomic E-state index is 13.3. The van der Waals surface area contributed by atoms with Crippen molar-refractivity contribution in [2.75, 3.05) is 11.9 Å². The molecule has 0 amide bonds. The Hall–Kier alpha value is -2.43. The van der Waals surface area contributed by atoms with Crippen molar-refractivity contribution < 1.29 is 8.81 Å². The summed E-state index contributed by atoms with van der Waals surface area (Å²) in [5.74, 6) is 1.85. The van der Waals surface area contributed by atoms with Crippen LogP contribution in [0, 0.1) is 5.82 Å². The third kappa shape index (κ3) is 2.72. The average Bonchev–Trinajstić information content (AvgIpc) is 2.90.